The molecule has 34 heavy (non-hydrogen) atoms. The maximum Gasteiger partial charge on any atom is 0.162 e. The fraction of sp³-hybridized carbons (Fsp3) is 0.750. The lowest BCUT2D eigenvalue weighted by molar-refractivity contribution is 0.236. The molecule has 0 heterocycles. The Kier molecular flexibility index (Phi) is 9.66. The molecule has 0 bridgehead atoms. The molecular formula is C32H48F2. The predicted molar refractivity (Wildman–Crippen MR) is 140 cm³/mol. The molecule has 3 aliphatic rings. The summed E-state index contributed by atoms with van der Waals surface area (Å²) in [7, 11) is 0. The summed E-state index contributed by atoms with van der Waals surface area (Å²) >= 11 is 0. The molecule has 0 aliphatic heterocycles. The average molecular weight is 471 g/mol. The Hall–Kier alpha value is -1.18. The molecule has 2 atom stereocenters. The smallest absolute Gasteiger partial charge is 0.162 e. The van der Waals surface area contributed by atoms with Crippen molar-refractivity contribution in [1.82, 2.24) is 0 Å². The number of rotatable bonds is 9. The van der Waals surface area contributed by atoms with Crippen molar-refractivity contribution in [1.29, 1.82) is 0 Å². The summed E-state index contributed by atoms with van der Waals surface area (Å²) in [6.45, 7) is 4.51. The van der Waals surface area contributed by atoms with Gasteiger partial charge in [-0.2, -0.15) is 0 Å². The highest BCUT2D eigenvalue weighted by Gasteiger charge is 2.32. The number of hydrogen-bond donors (Lipinski definition) is 0. The van der Waals surface area contributed by atoms with Gasteiger partial charge in [0, 0.05) is 0 Å². The van der Waals surface area contributed by atoms with Crippen LogP contribution in [0.15, 0.2) is 24.3 Å². The molecule has 4 rings (SSSR count). The Morgan fingerprint density at radius 3 is 1.79 bits per heavy atom. The van der Waals surface area contributed by atoms with Gasteiger partial charge in [-0.1, -0.05) is 70.2 Å². The summed E-state index contributed by atoms with van der Waals surface area (Å²) in [4.78, 5) is 0. The van der Waals surface area contributed by atoms with E-state index < -0.39 is 11.6 Å². The topological polar surface area (TPSA) is 0 Å². The van der Waals surface area contributed by atoms with Gasteiger partial charge in [-0.15, -0.1) is 0 Å². The van der Waals surface area contributed by atoms with E-state index in [0.717, 1.165) is 56.3 Å². The van der Waals surface area contributed by atoms with Crippen LogP contribution in [0.2, 0.25) is 0 Å². The van der Waals surface area contributed by atoms with Gasteiger partial charge in [-0.3, -0.25) is 0 Å². The normalized spacial score (nSPS) is 32.1. The molecule has 190 valence electrons. The summed E-state index contributed by atoms with van der Waals surface area (Å²) in [5.74, 6) is 2.33. The lowest BCUT2D eigenvalue weighted by Gasteiger charge is -2.35. The summed E-state index contributed by atoms with van der Waals surface area (Å²) in [5.41, 5.74) is 1.29. The van der Waals surface area contributed by atoms with Crippen LogP contribution in [0.25, 0.3) is 0 Å². The molecule has 0 N–H and O–H groups in total. The second-order valence-corrected chi connectivity index (χ2v) is 11.9. The van der Waals surface area contributed by atoms with Crippen LogP contribution >= 0.6 is 0 Å². The van der Waals surface area contributed by atoms with Gasteiger partial charge in [0.1, 0.15) is 0 Å². The summed E-state index contributed by atoms with van der Waals surface area (Å²) in [6, 6.07) is 3.88. The van der Waals surface area contributed by atoms with Crippen LogP contribution in [0.3, 0.4) is 0 Å². The molecule has 2 unspecified atom stereocenters. The number of benzene rings is 1. The molecule has 3 aliphatic carbocycles. The van der Waals surface area contributed by atoms with Crippen LogP contribution in [0.5, 0.6) is 0 Å². The third-order valence-corrected chi connectivity index (χ3v) is 9.62. The molecule has 0 aromatic heterocycles. The molecule has 0 radical (unpaired) electrons. The largest absolute Gasteiger partial charge is 0.203 e. The van der Waals surface area contributed by atoms with Gasteiger partial charge in [0.2, 0.25) is 0 Å². The van der Waals surface area contributed by atoms with E-state index in [1.165, 1.54) is 64.2 Å². The van der Waals surface area contributed by atoms with Crippen molar-refractivity contribution in [3.63, 3.8) is 0 Å². The first-order valence-electron chi connectivity index (χ1n) is 14.8. The number of halogens is 2. The van der Waals surface area contributed by atoms with Crippen LogP contribution < -0.4 is 0 Å². The lowest BCUT2D eigenvalue weighted by atomic mass is 9.70. The van der Waals surface area contributed by atoms with E-state index in [2.05, 4.69) is 26.0 Å². The van der Waals surface area contributed by atoms with Gasteiger partial charge in [-0.05, 0) is 117 Å². The Balaban J connectivity index is 1.30. The van der Waals surface area contributed by atoms with Gasteiger partial charge in [0.05, 0.1) is 0 Å². The second kappa shape index (κ2) is 12.7. The molecule has 0 nitrogen and oxygen atoms in total. The van der Waals surface area contributed by atoms with Crippen molar-refractivity contribution in [3.05, 3.63) is 47.0 Å². The number of hydrogen-bond acceptors (Lipinski definition) is 0. The molecule has 2 heteroatoms. The van der Waals surface area contributed by atoms with Crippen LogP contribution in [0.1, 0.15) is 140 Å². The zero-order valence-corrected chi connectivity index (χ0v) is 21.8. The fourth-order valence-corrected chi connectivity index (χ4v) is 7.43. The first kappa shape index (κ1) is 25.9. The molecule has 2 fully saturated rings. The van der Waals surface area contributed by atoms with Crippen molar-refractivity contribution < 1.29 is 8.78 Å². The molecule has 0 amide bonds. The Morgan fingerprint density at radius 2 is 1.26 bits per heavy atom. The van der Waals surface area contributed by atoms with E-state index in [9.17, 15) is 0 Å². The van der Waals surface area contributed by atoms with E-state index in [1.54, 1.807) is 0 Å². The van der Waals surface area contributed by atoms with Crippen LogP contribution in [0, 0.1) is 35.3 Å². The average Bonchev–Trinajstić information content (AvgIpc) is 2.87. The molecular weight excluding hydrogens is 422 g/mol. The molecule has 1 aromatic rings. The Labute approximate surface area is 208 Å². The predicted octanol–water partition coefficient (Wildman–Crippen LogP) is 10.5. The highest BCUT2D eigenvalue weighted by atomic mass is 19.2. The minimum Gasteiger partial charge on any atom is -0.203 e. The summed E-state index contributed by atoms with van der Waals surface area (Å²) < 4.78 is 30.4. The standard InChI is InChI=1S/C32H48F2/c1-3-5-6-8-24-9-13-25(14-10-24)26-17-19-28(20-18-26)30-22-21-29(31(33)32(30)34)27-15-11-23(7-4-2)12-16-27/h9,13,21-28H,3-8,10-12,14-20H2,1-2H3. The van der Waals surface area contributed by atoms with E-state index >= 15 is 8.78 Å². The zero-order valence-electron chi connectivity index (χ0n) is 21.8. The molecule has 0 saturated heterocycles. The monoisotopic (exact) mass is 470 g/mol. The van der Waals surface area contributed by atoms with E-state index in [1.807, 2.05) is 12.1 Å². The third-order valence-electron chi connectivity index (χ3n) is 9.62. The molecule has 2 saturated carbocycles. The maximum absolute atomic E-state index is 15.2. The van der Waals surface area contributed by atoms with Gasteiger partial charge >= 0.3 is 0 Å². The van der Waals surface area contributed by atoms with Gasteiger partial charge in [-0.25, -0.2) is 8.78 Å². The number of unbranched alkanes of at least 4 members (excludes halogenated alkanes) is 2. The van der Waals surface area contributed by atoms with Crippen molar-refractivity contribution in [3.8, 4) is 0 Å². The first-order valence-corrected chi connectivity index (χ1v) is 14.8. The van der Waals surface area contributed by atoms with Crippen LogP contribution in [-0.4, -0.2) is 0 Å². The number of allylic oxidation sites excluding steroid dienone is 2. The highest BCUT2D eigenvalue weighted by Crippen LogP contribution is 2.44. The first-order chi connectivity index (χ1) is 16.6. The van der Waals surface area contributed by atoms with Gasteiger partial charge in [0.15, 0.2) is 11.6 Å². The second-order valence-electron chi connectivity index (χ2n) is 11.9. The van der Waals surface area contributed by atoms with Crippen LogP contribution in [-0.2, 0) is 0 Å². The third kappa shape index (κ3) is 6.33. The van der Waals surface area contributed by atoms with Crippen molar-refractivity contribution in [2.24, 2.45) is 23.7 Å². The Bertz CT molecular complexity index is 780. The summed E-state index contributed by atoms with van der Waals surface area (Å²) in [6.07, 6.45) is 24.2. The van der Waals surface area contributed by atoms with Crippen molar-refractivity contribution in [2.45, 2.75) is 128 Å². The minimum atomic E-state index is -0.539. The summed E-state index contributed by atoms with van der Waals surface area (Å²) in [5, 5.41) is 0. The zero-order chi connectivity index (χ0) is 23.9. The van der Waals surface area contributed by atoms with Crippen molar-refractivity contribution >= 4 is 0 Å². The van der Waals surface area contributed by atoms with E-state index in [4.69, 9.17) is 0 Å². The SMILES string of the molecule is CCCCCC1C=CC(C2CCC(c3ccc(C4CCC(CCC)CC4)c(F)c3F)CC2)CC1. The van der Waals surface area contributed by atoms with Gasteiger partial charge < -0.3 is 0 Å². The van der Waals surface area contributed by atoms with Gasteiger partial charge in [0.25, 0.3) is 0 Å². The van der Waals surface area contributed by atoms with E-state index in [-0.39, 0.29) is 11.8 Å². The fourth-order valence-electron chi connectivity index (χ4n) is 7.43. The minimum absolute atomic E-state index is 0.189. The molecule has 0 spiro atoms. The van der Waals surface area contributed by atoms with Crippen molar-refractivity contribution in [2.75, 3.05) is 0 Å². The maximum atomic E-state index is 15.2. The van der Waals surface area contributed by atoms with E-state index in [0.29, 0.717) is 17.0 Å². The molecule has 1 aromatic carbocycles. The lowest BCUT2D eigenvalue weighted by Crippen LogP contribution is -2.23. The quantitative estimate of drug-likeness (QED) is 0.249. The highest BCUT2D eigenvalue weighted by molar-refractivity contribution is 5.32. The van der Waals surface area contributed by atoms with Crippen LogP contribution in [0.4, 0.5) is 8.78 Å². The Morgan fingerprint density at radius 1 is 0.647 bits per heavy atom.